The Kier molecular flexibility index (Phi) is 5.24. The second-order valence-electron chi connectivity index (χ2n) is 3.65. The average molecular weight is 278 g/mol. The largest absolute Gasteiger partial charge is 0.333 e. The third-order valence-corrected chi connectivity index (χ3v) is 2.24. The number of halogens is 3. The number of rotatable bonds is 5. The van der Waals surface area contributed by atoms with E-state index in [-0.39, 0.29) is 12.4 Å². The first-order valence-corrected chi connectivity index (χ1v) is 5.16. The van der Waals surface area contributed by atoms with Gasteiger partial charge in [0.1, 0.15) is 0 Å². The zero-order valence-corrected chi connectivity index (χ0v) is 10.6. The fourth-order valence-corrected chi connectivity index (χ4v) is 1.46. The lowest BCUT2D eigenvalue weighted by molar-refractivity contribution is 0.0561. The second-order valence-corrected chi connectivity index (χ2v) is 3.65. The Morgan fingerprint density at radius 1 is 1.17 bits per heavy atom. The van der Waals surface area contributed by atoms with Gasteiger partial charge >= 0.3 is 6.55 Å². The zero-order chi connectivity index (χ0) is 12.3. The third-order valence-electron chi connectivity index (χ3n) is 2.24. The molecular weight excluding hydrogens is 264 g/mol. The average Bonchev–Trinajstić information content (AvgIpc) is 2.88. The Bertz CT molecular complexity index is 482. The summed E-state index contributed by atoms with van der Waals surface area (Å²) in [6.45, 7) is -1.56. The fraction of sp³-hybridized carbons (Fsp3) is 0.400. The van der Waals surface area contributed by atoms with Crippen LogP contribution in [0.1, 0.15) is 17.9 Å². The fourth-order valence-electron chi connectivity index (χ4n) is 1.46. The number of nitrogens with one attached hydrogen (secondary N) is 1. The SMILES string of the molecule is Cl.Cn1ccc(CNCc2ccn(C(F)F)n2)n1. The molecule has 0 atom stereocenters. The molecule has 2 aromatic heterocycles. The van der Waals surface area contributed by atoms with Crippen LogP contribution in [0.25, 0.3) is 0 Å². The lowest BCUT2D eigenvalue weighted by atomic mass is 10.4. The van der Waals surface area contributed by atoms with Crippen molar-refractivity contribution in [1.29, 1.82) is 0 Å². The van der Waals surface area contributed by atoms with Crippen molar-refractivity contribution in [2.24, 2.45) is 7.05 Å². The highest BCUT2D eigenvalue weighted by molar-refractivity contribution is 5.85. The van der Waals surface area contributed by atoms with Crippen LogP contribution in [0.3, 0.4) is 0 Å². The van der Waals surface area contributed by atoms with Crippen molar-refractivity contribution in [3.63, 3.8) is 0 Å². The summed E-state index contributed by atoms with van der Waals surface area (Å²) in [6, 6.07) is 3.46. The Balaban J connectivity index is 0.00000162. The van der Waals surface area contributed by atoms with Gasteiger partial charge in [-0.2, -0.15) is 19.0 Å². The first kappa shape index (κ1) is 14.6. The van der Waals surface area contributed by atoms with Gasteiger partial charge < -0.3 is 5.32 Å². The molecule has 5 nitrogen and oxygen atoms in total. The molecule has 0 aromatic carbocycles. The normalized spacial score (nSPS) is 10.7. The van der Waals surface area contributed by atoms with Crippen LogP contribution in [-0.2, 0) is 20.1 Å². The molecule has 2 rings (SSSR count). The van der Waals surface area contributed by atoms with Crippen molar-refractivity contribution < 1.29 is 8.78 Å². The minimum absolute atomic E-state index is 0. The quantitative estimate of drug-likeness (QED) is 0.905. The molecule has 0 amide bonds. The Hall–Kier alpha value is -1.47. The minimum atomic E-state index is -2.58. The van der Waals surface area contributed by atoms with E-state index in [2.05, 4.69) is 15.5 Å². The van der Waals surface area contributed by atoms with E-state index in [1.165, 1.54) is 6.20 Å². The van der Waals surface area contributed by atoms with Crippen LogP contribution in [0, 0.1) is 0 Å². The number of alkyl halides is 2. The van der Waals surface area contributed by atoms with E-state index in [1.54, 1.807) is 10.7 Å². The van der Waals surface area contributed by atoms with E-state index < -0.39 is 6.55 Å². The van der Waals surface area contributed by atoms with Gasteiger partial charge in [0.15, 0.2) is 0 Å². The Labute approximate surface area is 109 Å². The molecule has 0 aliphatic carbocycles. The summed E-state index contributed by atoms with van der Waals surface area (Å²) in [5, 5.41) is 11.0. The molecule has 0 radical (unpaired) electrons. The van der Waals surface area contributed by atoms with Crippen molar-refractivity contribution in [2.45, 2.75) is 19.6 Å². The molecule has 0 spiro atoms. The van der Waals surface area contributed by atoms with Gasteiger partial charge in [0.2, 0.25) is 0 Å². The smallest absolute Gasteiger partial charge is 0.305 e. The molecule has 0 fully saturated rings. The van der Waals surface area contributed by atoms with E-state index in [4.69, 9.17) is 0 Å². The van der Waals surface area contributed by atoms with Crippen molar-refractivity contribution in [1.82, 2.24) is 24.9 Å². The highest BCUT2D eigenvalue weighted by Crippen LogP contribution is 2.08. The molecule has 1 N–H and O–H groups in total. The molecule has 0 saturated heterocycles. The topological polar surface area (TPSA) is 47.7 Å². The van der Waals surface area contributed by atoms with Crippen LogP contribution >= 0.6 is 12.4 Å². The lowest BCUT2D eigenvalue weighted by Crippen LogP contribution is -2.14. The van der Waals surface area contributed by atoms with E-state index in [0.717, 1.165) is 5.69 Å². The van der Waals surface area contributed by atoms with E-state index >= 15 is 0 Å². The Morgan fingerprint density at radius 3 is 2.28 bits per heavy atom. The molecule has 100 valence electrons. The van der Waals surface area contributed by atoms with Gasteiger partial charge in [-0.05, 0) is 12.1 Å². The van der Waals surface area contributed by atoms with Crippen LogP contribution in [-0.4, -0.2) is 19.6 Å². The maximum absolute atomic E-state index is 12.2. The van der Waals surface area contributed by atoms with Crippen molar-refractivity contribution in [3.8, 4) is 0 Å². The summed E-state index contributed by atoms with van der Waals surface area (Å²) >= 11 is 0. The van der Waals surface area contributed by atoms with Gasteiger partial charge in [0.25, 0.3) is 0 Å². The molecule has 0 saturated carbocycles. The van der Waals surface area contributed by atoms with Gasteiger partial charge in [0, 0.05) is 32.5 Å². The molecule has 2 heterocycles. The number of nitrogens with zero attached hydrogens (tertiary/aromatic N) is 4. The van der Waals surface area contributed by atoms with Crippen molar-refractivity contribution in [2.75, 3.05) is 0 Å². The molecule has 0 bridgehead atoms. The van der Waals surface area contributed by atoms with Crippen LogP contribution in [0.5, 0.6) is 0 Å². The van der Waals surface area contributed by atoms with Gasteiger partial charge in [-0.1, -0.05) is 0 Å². The van der Waals surface area contributed by atoms with Gasteiger partial charge in [-0.25, -0.2) is 4.68 Å². The summed E-state index contributed by atoms with van der Waals surface area (Å²) in [5.41, 5.74) is 1.49. The van der Waals surface area contributed by atoms with Gasteiger partial charge in [0.05, 0.1) is 11.4 Å². The number of aryl methyl sites for hydroxylation is 1. The molecule has 0 aliphatic heterocycles. The predicted molar refractivity (Wildman–Crippen MR) is 64.5 cm³/mol. The Morgan fingerprint density at radius 2 is 1.78 bits per heavy atom. The first-order chi connectivity index (χ1) is 8.15. The third kappa shape index (κ3) is 3.78. The number of hydrogen-bond acceptors (Lipinski definition) is 3. The summed E-state index contributed by atoms with van der Waals surface area (Å²) in [5.74, 6) is 0. The second kappa shape index (κ2) is 6.46. The first-order valence-electron chi connectivity index (χ1n) is 5.16. The van der Waals surface area contributed by atoms with E-state index in [1.807, 2.05) is 19.3 Å². The molecular formula is C10H14ClF2N5. The van der Waals surface area contributed by atoms with Gasteiger partial charge in [-0.15, -0.1) is 12.4 Å². The monoisotopic (exact) mass is 277 g/mol. The highest BCUT2D eigenvalue weighted by atomic mass is 35.5. The van der Waals surface area contributed by atoms with Crippen LogP contribution < -0.4 is 5.32 Å². The maximum Gasteiger partial charge on any atom is 0.333 e. The zero-order valence-electron chi connectivity index (χ0n) is 9.75. The summed E-state index contributed by atoms with van der Waals surface area (Å²) < 4.78 is 26.8. The minimum Gasteiger partial charge on any atom is -0.305 e. The number of hydrogen-bond donors (Lipinski definition) is 1. The number of aromatic nitrogens is 4. The van der Waals surface area contributed by atoms with Crippen molar-refractivity contribution in [3.05, 3.63) is 35.9 Å². The van der Waals surface area contributed by atoms with Crippen molar-refractivity contribution >= 4 is 12.4 Å². The highest BCUT2D eigenvalue weighted by Gasteiger charge is 2.07. The summed E-state index contributed by atoms with van der Waals surface area (Å²) in [4.78, 5) is 0. The summed E-state index contributed by atoms with van der Waals surface area (Å²) in [6.07, 6.45) is 3.12. The molecule has 8 heteroatoms. The maximum atomic E-state index is 12.2. The van der Waals surface area contributed by atoms with E-state index in [0.29, 0.717) is 23.5 Å². The van der Waals surface area contributed by atoms with Crippen LogP contribution in [0.15, 0.2) is 24.5 Å². The predicted octanol–water partition coefficient (Wildman–Crippen LogP) is 1.72. The lowest BCUT2D eigenvalue weighted by Gasteiger charge is -2.00. The van der Waals surface area contributed by atoms with Crippen LogP contribution in [0.4, 0.5) is 8.78 Å². The molecule has 0 aliphatic rings. The summed E-state index contributed by atoms with van der Waals surface area (Å²) in [7, 11) is 1.84. The molecule has 2 aromatic rings. The van der Waals surface area contributed by atoms with Crippen LogP contribution in [0.2, 0.25) is 0 Å². The standard InChI is InChI=1S/C10H13F2N5.ClH/c1-16-4-2-8(14-16)6-13-7-9-3-5-17(15-9)10(11)12;/h2-5,10,13H,6-7H2,1H3;1H. The van der Waals surface area contributed by atoms with Gasteiger partial charge in [-0.3, -0.25) is 4.68 Å². The molecule has 18 heavy (non-hydrogen) atoms. The molecule has 0 unspecified atom stereocenters. The van der Waals surface area contributed by atoms with E-state index in [9.17, 15) is 8.78 Å².